The summed E-state index contributed by atoms with van der Waals surface area (Å²) >= 11 is 0. The monoisotopic (exact) mass is 265 g/mol. The summed E-state index contributed by atoms with van der Waals surface area (Å²) in [4.78, 5) is 5.35. The Kier molecular flexibility index (Phi) is 4.16. The molecule has 0 aromatic carbocycles. The minimum absolute atomic E-state index is 0.327. The van der Waals surface area contributed by atoms with Gasteiger partial charge in [0.1, 0.15) is 0 Å². The molecule has 0 aromatic heterocycles. The normalized spacial score (nSPS) is 36.9. The number of nitrogens with two attached hydrogens (primary N) is 1. The van der Waals surface area contributed by atoms with Crippen molar-refractivity contribution in [3.05, 3.63) is 0 Å². The zero-order chi connectivity index (χ0) is 13.3. The van der Waals surface area contributed by atoms with Crippen LogP contribution in [0, 0.1) is 5.92 Å². The fourth-order valence-corrected chi connectivity index (χ4v) is 4.86. The van der Waals surface area contributed by atoms with Crippen LogP contribution in [0.5, 0.6) is 0 Å². The summed E-state index contributed by atoms with van der Waals surface area (Å²) in [5.41, 5.74) is 6.60. The van der Waals surface area contributed by atoms with Gasteiger partial charge in [0.05, 0.1) is 0 Å². The predicted octanol–water partition coefficient (Wildman–Crippen LogP) is 2.06. The molecule has 3 heteroatoms. The van der Waals surface area contributed by atoms with Gasteiger partial charge in [-0.3, -0.25) is 4.90 Å². The molecule has 2 atom stereocenters. The van der Waals surface area contributed by atoms with Crippen molar-refractivity contribution in [1.29, 1.82) is 0 Å². The molecule has 2 unspecified atom stereocenters. The first-order valence-electron chi connectivity index (χ1n) is 8.40. The van der Waals surface area contributed by atoms with Crippen molar-refractivity contribution in [2.24, 2.45) is 11.7 Å². The number of fused-ring (bicyclic) bond motifs is 1. The number of hydrogen-bond acceptors (Lipinski definition) is 3. The van der Waals surface area contributed by atoms with Gasteiger partial charge >= 0.3 is 0 Å². The van der Waals surface area contributed by atoms with Gasteiger partial charge in [-0.2, -0.15) is 0 Å². The van der Waals surface area contributed by atoms with E-state index in [1.807, 2.05) is 0 Å². The average Bonchev–Trinajstić information content (AvgIpc) is 2.48. The van der Waals surface area contributed by atoms with Crippen molar-refractivity contribution in [2.45, 2.75) is 62.9 Å². The third-order valence-corrected chi connectivity index (χ3v) is 6.15. The van der Waals surface area contributed by atoms with E-state index in [0.29, 0.717) is 5.54 Å². The molecule has 0 aromatic rings. The number of hydrogen-bond donors (Lipinski definition) is 1. The molecule has 3 aliphatic rings. The molecule has 0 amide bonds. The number of rotatable bonds is 2. The largest absolute Gasteiger partial charge is 0.329 e. The zero-order valence-corrected chi connectivity index (χ0v) is 12.6. The van der Waals surface area contributed by atoms with E-state index >= 15 is 0 Å². The van der Waals surface area contributed by atoms with E-state index in [0.717, 1.165) is 18.5 Å². The maximum absolute atomic E-state index is 6.28. The Morgan fingerprint density at radius 3 is 2.42 bits per heavy atom. The summed E-state index contributed by atoms with van der Waals surface area (Å²) in [6.45, 7) is 4.63. The highest BCUT2D eigenvalue weighted by molar-refractivity contribution is 5.01. The van der Waals surface area contributed by atoms with E-state index in [-0.39, 0.29) is 0 Å². The molecule has 19 heavy (non-hydrogen) atoms. The molecule has 2 N–H and O–H groups in total. The summed E-state index contributed by atoms with van der Waals surface area (Å²) in [5.74, 6) is 0.977. The van der Waals surface area contributed by atoms with Gasteiger partial charge in [-0.25, -0.2) is 0 Å². The second-order valence-corrected chi connectivity index (χ2v) is 7.18. The lowest BCUT2D eigenvalue weighted by Crippen LogP contribution is -2.64. The lowest BCUT2D eigenvalue weighted by molar-refractivity contribution is -0.0515. The Morgan fingerprint density at radius 1 is 1.00 bits per heavy atom. The topological polar surface area (TPSA) is 32.5 Å². The van der Waals surface area contributed by atoms with Crippen molar-refractivity contribution in [2.75, 3.05) is 33.2 Å². The molecule has 3 rings (SSSR count). The minimum atomic E-state index is 0.327. The Morgan fingerprint density at radius 2 is 1.68 bits per heavy atom. The molecule has 2 saturated heterocycles. The highest BCUT2D eigenvalue weighted by Gasteiger charge is 2.45. The van der Waals surface area contributed by atoms with Crippen LogP contribution in [-0.2, 0) is 0 Å². The lowest BCUT2D eigenvalue weighted by Gasteiger charge is -2.56. The second kappa shape index (κ2) is 5.71. The molecule has 3 fully saturated rings. The SMILES string of the molecule is CN1CCC(CN)(N2CCCC3CCCCC32)CC1. The van der Waals surface area contributed by atoms with Crippen LogP contribution >= 0.6 is 0 Å². The van der Waals surface area contributed by atoms with Crippen LogP contribution in [0.2, 0.25) is 0 Å². The Balaban J connectivity index is 1.77. The van der Waals surface area contributed by atoms with Crippen LogP contribution < -0.4 is 5.73 Å². The second-order valence-electron chi connectivity index (χ2n) is 7.18. The number of piperidine rings is 2. The smallest absolute Gasteiger partial charge is 0.0359 e. The Hall–Kier alpha value is -0.120. The maximum atomic E-state index is 6.28. The van der Waals surface area contributed by atoms with Crippen molar-refractivity contribution in [3.63, 3.8) is 0 Å². The van der Waals surface area contributed by atoms with Gasteiger partial charge in [0.15, 0.2) is 0 Å². The van der Waals surface area contributed by atoms with Gasteiger partial charge in [-0.05, 0) is 71.1 Å². The molecular weight excluding hydrogens is 234 g/mol. The molecule has 2 heterocycles. The minimum Gasteiger partial charge on any atom is -0.329 e. The highest BCUT2D eigenvalue weighted by atomic mass is 15.3. The quantitative estimate of drug-likeness (QED) is 0.829. The molecule has 1 saturated carbocycles. The fraction of sp³-hybridized carbons (Fsp3) is 1.00. The van der Waals surface area contributed by atoms with E-state index in [2.05, 4.69) is 16.8 Å². The van der Waals surface area contributed by atoms with Gasteiger partial charge in [0, 0.05) is 18.1 Å². The van der Waals surface area contributed by atoms with Crippen LogP contribution in [0.3, 0.4) is 0 Å². The fourth-order valence-electron chi connectivity index (χ4n) is 4.86. The summed E-state index contributed by atoms with van der Waals surface area (Å²) in [6, 6.07) is 0.856. The molecule has 1 aliphatic carbocycles. The standard InChI is InChI=1S/C16H31N3/c1-18-11-8-16(13-17,9-12-18)19-10-4-6-14-5-2-3-7-15(14)19/h14-15H,2-13,17H2,1H3. The Bertz CT molecular complexity index is 294. The Labute approximate surface area is 118 Å². The van der Waals surface area contributed by atoms with Crippen LogP contribution in [0.25, 0.3) is 0 Å². The van der Waals surface area contributed by atoms with E-state index in [4.69, 9.17) is 5.73 Å². The molecule has 0 spiro atoms. The third kappa shape index (κ3) is 2.57. The predicted molar refractivity (Wildman–Crippen MR) is 80.2 cm³/mol. The summed E-state index contributed by atoms with van der Waals surface area (Å²) < 4.78 is 0. The van der Waals surface area contributed by atoms with Crippen molar-refractivity contribution < 1.29 is 0 Å². The van der Waals surface area contributed by atoms with E-state index < -0.39 is 0 Å². The van der Waals surface area contributed by atoms with Crippen LogP contribution in [-0.4, -0.2) is 54.6 Å². The van der Waals surface area contributed by atoms with Gasteiger partial charge in [0.25, 0.3) is 0 Å². The average molecular weight is 265 g/mol. The summed E-state index contributed by atoms with van der Waals surface area (Å²) in [6.07, 6.45) is 11.3. The first kappa shape index (κ1) is 13.8. The van der Waals surface area contributed by atoms with Crippen molar-refractivity contribution in [3.8, 4) is 0 Å². The van der Waals surface area contributed by atoms with E-state index in [9.17, 15) is 0 Å². The maximum Gasteiger partial charge on any atom is 0.0359 e. The van der Waals surface area contributed by atoms with E-state index in [1.165, 1.54) is 71.0 Å². The third-order valence-electron chi connectivity index (χ3n) is 6.15. The molecule has 3 nitrogen and oxygen atoms in total. The van der Waals surface area contributed by atoms with Gasteiger partial charge < -0.3 is 10.6 Å². The lowest BCUT2D eigenvalue weighted by atomic mass is 9.74. The number of likely N-dealkylation sites (tertiary alicyclic amines) is 2. The van der Waals surface area contributed by atoms with Crippen molar-refractivity contribution >= 4 is 0 Å². The number of nitrogens with zero attached hydrogens (tertiary/aromatic N) is 2. The summed E-state index contributed by atoms with van der Waals surface area (Å²) in [5, 5.41) is 0. The van der Waals surface area contributed by atoms with Gasteiger partial charge in [-0.15, -0.1) is 0 Å². The molecule has 0 bridgehead atoms. The van der Waals surface area contributed by atoms with Gasteiger partial charge in [0.2, 0.25) is 0 Å². The highest BCUT2D eigenvalue weighted by Crippen LogP contribution is 2.41. The first-order chi connectivity index (χ1) is 9.25. The molecular formula is C16H31N3. The van der Waals surface area contributed by atoms with Gasteiger partial charge in [-0.1, -0.05) is 12.8 Å². The van der Waals surface area contributed by atoms with Crippen LogP contribution in [0.15, 0.2) is 0 Å². The van der Waals surface area contributed by atoms with Crippen LogP contribution in [0.4, 0.5) is 0 Å². The first-order valence-corrected chi connectivity index (χ1v) is 8.40. The zero-order valence-electron chi connectivity index (χ0n) is 12.6. The van der Waals surface area contributed by atoms with Crippen LogP contribution in [0.1, 0.15) is 51.4 Å². The molecule has 0 radical (unpaired) electrons. The summed E-state index contributed by atoms with van der Waals surface area (Å²) in [7, 11) is 2.25. The van der Waals surface area contributed by atoms with Crippen molar-refractivity contribution in [1.82, 2.24) is 9.80 Å². The molecule has 110 valence electrons. The molecule has 2 aliphatic heterocycles. The van der Waals surface area contributed by atoms with E-state index in [1.54, 1.807) is 0 Å².